The van der Waals surface area contributed by atoms with E-state index in [0.717, 1.165) is 56.9 Å². The van der Waals surface area contributed by atoms with Crippen LogP contribution in [-0.2, 0) is 11.2 Å². The lowest BCUT2D eigenvalue weighted by molar-refractivity contribution is -0.118. The highest BCUT2D eigenvalue weighted by Crippen LogP contribution is 2.44. The van der Waals surface area contributed by atoms with E-state index in [1.807, 2.05) is 17.9 Å². The van der Waals surface area contributed by atoms with Gasteiger partial charge in [0.05, 0.1) is 6.61 Å². The predicted octanol–water partition coefficient (Wildman–Crippen LogP) is 3.23. The van der Waals surface area contributed by atoms with Crippen molar-refractivity contribution in [3.05, 3.63) is 53.1 Å². The number of nitrogens with zero attached hydrogens (tertiary/aromatic N) is 4. The number of aryl methyl sites for hydroxylation is 1. The number of ether oxygens (including phenoxy) is 1. The number of carbonyl (C=O) groups is 1. The van der Waals surface area contributed by atoms with Gasteiger partial charge in [-0.05, 0) is 74.7 Å². The molecule has 1 aromatic heterocycles. The standard InChI is InChI=1S/C25H31N5O2/c1-17-13-23(28-22(27-17)5-9-26)30-16-25(15-24(30)31)7-10-29(11-8-25)18(2)20-4-3-19-6-12-32-21(19)14-20/h3-5,9,13-14,18H,6-8,10-12,15-16,26H2,1-2H3/t18-/m0/s1. The Labute approximate surface area is 189 Å². The van der Waals surface area contributed by atoms with Gasteiger partial charge in [0.25, 0.3) is 0 Å². The van der Waals surface area contributed by atoms with Crippen molar-refractivity contribution >= 4 is 17.8 Å². The Bertz CT molecular complexity index is 1060. The number of piperidine rings is 1. The van der Waals surface area contributed by atoms with Crippen molar-refractivity contribution in [1.29, 1.82) is 0 Å². The van der Waals surface area contributed by atoms with Crippen molar-refractivity contribution in [2.75, 3.05) is 31.1 Å². The highest BCUT2D eigenvalue weighted by molar-refractivity contribution is 5.95. The zero-order chi connectivity index (χ0) is 22.3. The molecule has 168 valence electrons. The first-order valence-corrected chi connectivity index (χ1v) is 11.5. The Hall–Kier alpha value is -2.93. The second-order valence-corrected chi connectivity index (χ2v) is 9.42. The first-order valence-electron chi connectivity index (χ1n) is 11.5. The van der Waals surface area contributed by atoms with Crippen LogP contribution in [0.2, 0.25) is 0 Å². The average Bonchev–Trinajstić information content (AvgIpc) is 3.37. The van der Waals surface area contributed by atoms with Gasteiger partial charge in [-0.25, -0.2) is 9.97 Å². The third-order valence-corrected chi connectivity index (χ3v) is 7.31. The molecule has 0 bridgehead atoms. The maximum Gasteiger partial charge on any atom is 0.228 e. The molecule has 0 radical (unpaired) electrons. The minimum atomic E-state index is 0.0249. The molecule has 1 aromatic carbocycles. The molecule has 0 aliphatic carbocycles. The van der Waals surface area contributed by atoms with Crippen LogP contribution in [0.1, 0.15) is 54.9 Å². The monoisotopic (exact) mass is 433 g/mol. The third-order valence-electron chi connectivity index (χ3n) is 7.31. The Balaban J connectivity index is 1.27. The minimum absolute atomic E-state index is 0.0249. The minimum Gasteiger partial charge on any atom is -0.493 e. The fraction of sp³-hybridized carbons (Fsp3) is 0.480. The van der Waals surface area contributed by atoms with Crippen LogP contribution in [0.25, 0.3) is 6.08 Å². The second-order valence-electron chi connectivity index (χ2n) is 9.42. The molecule has 3 aliphatic rings. The smallest absolute Gasteiger partial charge is 0.228 e. The molecule has 2 aromatic rings. The summed E-state index contributed by atoms with van der Waals surface area (Å²) >= 11 is 0. The summed E-state index contributed by atoms with van der Waals surface area (Å²) in [7, 11) is 0. The number of fused-ring (bicyclic) bond motifs is 1. The summed E-state index contributed by atoms with van der Waals surface area (Å²) in [5.74, 6) is 2.42. The van der Waals surface area contributed by atoms with Crippen LogP contribution in [0.3, 0.4) is 0 Å². The van der Waals surface area contributed by atoms with Crippen molar-refractivity contribution in [3.8, 4) is 5.75 Å². The molecule has 1 amide bonds. The molecule has 0 unspecified atom stereocenters. The Morgan fingerprint density at radius 3 is 2.81 bits per heavy atom. The number of amides is 1. The van der Waals surface area contributed by atoms with Gasteiger partial charge in [-0.3, -0.25) is 14.6 Å². The van der Waals surface area contributed by atoms with Gasteiger partial charge in [-0.2, -0.15) is 0 Å². The van der Waals surface area contributed by atoms with Crippen LogP contribution >= 0.6 is 0 Å². The van der Waals surface area contributed by atoms with E-state index in [9.17, 15) is 4.79 Å². The zero-order valence-corrected chi connectivity index (χ0v) is 18.9. The van der Waals surface area contributed by atoms with Gasteiger partial charge in [0, 0.05) is 37.2 Å². The van der Waals surface area contributed by atoms with Crippen LogP contribution < -0.4 is 15.4 Å². The van der Waals surface area contributed by atoms with Crippen LogP contribution in [0.5, 0.6) is 5.75 Å². The number of hydrogen-bond donors (Lipinski definition) is 1. The van der Waals surface area contributed by atoms with E-state index in [0.29, 0.717) is 24.1 Å². The van der Waals surface area contributed by atoms with E-state index in [1.54, 1.807) is 6.08 Å². The van der Waals surface area contributed by atoms with Gasteiger partial charge in [0.2, 0.25) is 5.91 Å². The number of anilines is 1. The van der Waals surface area contributed by atoms with Crippen LogP contribution in [0, 0.1) is 12.3 Å². The molecule has 7 heteroatoms. The predicted molar refractivity (Wildman–Crippen MR) is 124 cm³/mol. The molecule has 5 rings (SSSR count). The maximum atomic E-state index is 13.0. The normalized spacial score (nSPS) is 21.3. The maximum absolute atomic E-state index is 13.0. The Morgan fingerprint density at radius 2 is 2.03 bits per heavy atom. The lowest BCUT2D eigenvalue weighted by atomic mass is 9.77. The summed E-state index contributed by atoms with van der Waals surface area (Å²) in [6.45, 7) is 7.69. The summed E-state index contributed by atoms with van der Waals surface area (Å²) in [5, 5.41) is 0. The van der Waals surface area contributed by atoms with Gasteiger partial charge < -0.3 is 10.5 Å². The molecular weight excluding hydrogens is 402 g/mol. The topological polar surface area (TPSA) is 84.6 Å². The van der Waals surface area contributed by atoms with E-state index in [2.05, 4.69) is 40.0 Å². The van der Waals surface area contributed by atoms with E-state index >= 15 is 0 Å². The van der Waals surface area contributed by atoms with Crippen molar-refractivity contribution in [3.63, 3.8) is 0 Å². The summed E-state index contributed by atoms with van der Waals surface area (Å²) in [6, 6.07) is 8.89. The van der Waals surface area contributed by atoms with E-state index in [-0.39, 0.29) is 11.3 Å². The van der Waals surface area contributed by atoms with Gasteiger partial charge in [0.1, 0.15) is 11.6 Å². The molecule has 7 nitrogen and oxygen atoms in total. The summed E-state index contributed by atoms with van der Waals surface area (Å²) in [5.41, 5.74) is 8.98. The fourth-order valence-corrected chi connectivity index (χ4v) is 5.35. The Morgan fingerprint density at radius 1 is 1.22 bits per heavy atom. The average molecular weight is 434 g/mol. The highest BCUT2D eigenvalue weighted by Gasteiger charge is 2.46. The van der Waals surface area contributed by atoms with Crippen molar-refractivity contribution in [2.45, 2.75) is 45.6 Å². The van der Waals surface area contributed by atoms with E-state index in [4.69, 9.17) is 10.5 Å². The number of likely N-dealkylation sites (tertiary alicyclic amines) is 1. The third kappa shape index (κ3) is 3.86. The number of benzene rings is 1. The number of aromatic nitrogens is 2. The molecule has 0 saturated carbocycles. The van der Waals surface area contributed by atoms with Crippen molar-refractivity contribution in [2.24, 2.45) is 11.1 Å². The van der Waals surface area contributed by atoms with Crippen LogP contribution in [0.15, 0.2) is 30.5 Å². The van der Waals surface area contributed by atoms with Crippen LogP contribution in [0.4, 0.5) is 5.82 Å². The zero-order valence-electron chi connectivity index (χ0n) is 18.9. The molecule has 32 heavy (non-hydrogen) atoms. The summed E-state index contributed by atoms with van der Waals surface area (Å²) in [4.78, 5) is 26.3. The molecule has 1 spiro atoms. The first-order chi connectivity index (χ1) is 15.5. The SMILES string of the molecule is Cc1cc(N2CC3(CCN([C@@H](C)c4ccc5c(c4)OCC5)CC3)CC2=O)nc(C=CN)n1. The largest absolute Gasteiger partial charge is 0.493 e. The number of carbonyl (C=O) groups excluding carboxylic acids is 1. The number of rotatable bonds is 4. The highest BCUT2D eigenvalue weighted by atomic mass is 16.5. The lowest BCUT2D eigenvalue weighted by Gasteiger charge is -2.41. The van der Waals surface area contributed by atoms with Gasteiger partial charge >= 0.3 is 0 Å². The van der Waals surface area contributed by atoms with E-state index in [1.165, 1.54) is 17.3 Å². The van der Waals surface area contributed by atoms with E-state index < -0.39 is 0 Å². The fourth-order valence-electron chi connectivity index (χ4n) is 5.35. The second kappa shape index (κ2) is 8.20. The molecule has 1 atom stereocenters. The molecule has 3 aliphatic heterocycles. The summed E-state index contributed by atoms with van der Waals surface area (Å²) in [6.07, 6.45) is 6.72. The summed E-state index contributed by atoms with van der Waals surface area (Å²) < 4.78 is 5.77. The molecule has 2 N–H and O–H groups in total. The molecule has 4 heterocycles. The van der Waals surface area contributed by atoms with Crippen molar-refractivity contribution < 1.29 is 9.53 Å². The van der Waals surface area contributed by atoms with Crippen molar-refractivity contribution in [1.82, 2.24) is 14.9 Å². The number of hydrogen-bond acceptors (Lipinski definition) is 6. The first kappa shape index (κ1) is 20.9. The molecule has 2 fully saturated rings. The molecular formula is C25H31N5O2. The quantitative estimate of drug-likeness (QED) is 0.797. The Kier molecular flexibility index (Phi) is 5.37. The van der Waals surface area contributed by atoms with Gasteiger partial charge in [-0.15, -0.1) is 0 Å². The van der Waals surface area contributed by atoms with Crippen LogP contribution in [-0.4, -0.2) is 47.0 Å². The lowest BCUT2D eigenvalue weighted by Crippen LogP contribution is -2.42. The van der Waals surface area contributed by atoms with Gasteiger partial charge in [0.15, 0.2) is 5.82 Å². The number of nitrogens with two attached hydrogens (primary N) is 1. The molecule has 2 saturated heterocycles. The van der Waals surface area contributed by atoms with Gasteiger partial charge in [-0.1, -0.05) is 12.1 Å².